The standard InChI is InChI=1S/C14H19ClN2O/c1-2-17-14-8-4-3-7-12(14)13(16-17)10-11(18)6-5-9-15/h3-4,7-8,11,18H,2,5-6,9-10H2,1H3. The van der Waals surface area contributed by atoms with Gasteiger partial charge in [0, 0.05) is 24.2 Å². The van der Waals surface area contributed by atoms with E-state index in [9.17, 15) is 5.11 Å². The van der Waals surface area contributed by atoms with Gasteiger partial charge in [-0.2, -0.15) is 5.10 Å². The lowest BCUT2D eigenvalue weighted by molar-refractivity contribution is 0.163. The number of fused-ring (bicyclic) bond motifs is 1. The summed E-state index contributed by atoms with van der Waals surface area (Å²) in [5.74, 6) is 0.598. The summed E-state index contributed by atoms with van der Waals surface area (Å²) < 4.78 is 1.99. The molecule has 0 aliphatic rings. The largest absolute Gasteiger partial charge is 0.393 e. The molecule has 1 atom stereocenters. The Labute approximate surface area is 112 Å². The van der Waals surface area contributed by atoms with Gasteiger partial charge in [0.2, 0.25) is 0 Å². The molecule has 2 aromatic rings. The smallest absolute Gasteiger partial charge is 0.0729 e. The molecule has 0 spiro atoms. The third-order valence-electron chi connectivity index (χ3n) is 3.13. The average Bonchev–Trinajstić information content (AvgIpc) is 2.75. The number of hydrogen-bond acceptors (Lipinski definition) is 2. The number of nitrogens with zero attached hydrogens (tertiary/aromatic N) is 2. The molecule has 0 aliphatic heterocycles. The highest BCUT2D eigenvalue weighted by molar-refractivity contribution is 6.17. The Bertz CT molecular complexity index is 509. The zero-order valence-corrected chi connectivity index (χ0v) is 11.4. The van der Waals surface area contributed by atoms with Gasteiger partial charge in [-0.05, 0) is 25.8 Å². The molecule has 1 heterocycles. The predicted octanol–water partition coefficient (Wildman–Crippen LogP) is 2.98. The van der Waals surface area contributed by atoms with E-state index >= 15 is 0 Å². The SMILES string of the molecule is CCn1nc(CC(O)CCCCl)c2ccccc21. The number of aromatic nitrogens is 2. The predicted molar refractivity (Wildman–Crippen MR) is 75.1 cm³/mol. The number of aryl methyl sites for hydroxylation is 1. The van der Waals surface area contributed by atoms with Crippen molar-refractivity contribution in [3.8, 4) is 0 Å². The summed E-state index contributed by atoms with van der Waals surface area (Å²) in [6.07, 6.45) is 1.82. The summed E-state index contributed by atoms with van der Waals surface area (Å²) in [5, 5.41) is 15.7. The van der Waals surface area contributed by atoms with Crippen molar-refractivity contribution in [1.29, 1.82) is 0 Å². The minimum atomic E-state index is -0.354. The normalized spacial score (nSPS) is 13.1. The summed E-state index contributed by atoms with van der Waals surface area (Å²) >= 11 is 5.64. The summed E-state index contributed by atoms with van der Waals surface area (Å²) in [6.45, 7) is 2.92. The molecule has 1 unspecified atom stereocenters. The van der Waals surface area contributed by atoms with Crippen molar-refractivity contribution < 1.29 is 5.11 Å². The molecule has 4 heteroatoms. The summed E-state index contributed by atoms with van der Waals surface area (Å²) in [4.78, 5) is 0. The molecule has 98 valence electrons. The lowest BCUT2D eigenvalue weighted by atomic mass is 10.1. The van der Waals surface area contributed by atoms with E-state index in [1.165, 1.54) is 0 Å². The molecule has 2 rings (SSSR count). The molecular formula is C14H19ClN2O. The van der Waals surface area contributed by atoms with Gasteiger partial charge in [-0.3, -0.25) is 4.68 Å². The van der Waals surface area contributed by atoms with Crippen LogP contribution in [0.4, 0.5) is 0 Å². The molecule has 0 aliphatic carbocycles. The van der Waals surface area contributed by atoms with Gasteiger partial charge in [0.1, 0.15) is 0 Å². The fourth-order valence-electron chi connectivity index (χ4n) is 2.23. The molecular weight excluding hydrogens is 248 g/mol. The van der Waals surface area contributed by atoms with Gasteiger partial charge >= 0.3 is 0 Å². The van der Waals surface area contributed by atoms with E-state index < -0.39 is 0 Å². The van der Waals surface area contributed by atoms with E-state index in [0.29, 0.717) is 12.3 Å². The van der Waals surface area contributed by atoms with Crippen LogP contribution in [0.1, 0.15) is 25.5 Å². The van der Waals surface area contributed by atoms with Crippen molar-refractivity contribution in [3.63, 3.8) is 0 Å². The highest BCUT2D eigenvalue weighted by Gasteiger charge is 2.13. The van der Waals surface area contributed by atoms with Crippen LogP contribution in [0.25, 0.3) is 10.9 Å². The lowest BCUT2D eigenvalue weighted by Gasteiger charge is -2.07. The minimum absolute atomic E-state index is 0.354. The molecule has 0 radical (unpaired) electrons. The second kappa shape index (κ2) is 6.21. The number of para-hydroxylation sites is 1. The quantitative estimate of drug-likeness (QED) is 0.817. The number of aliphatic hydroxyl groups is 1. The van der Waals surface area contributed by atoms with Gasteiger partial charge in [0.15, 0.2) is 0 Å². The second-order valence-electron chi connectivity index (χ2n) is 4.47. The van der Waals surface area contributed by atoms with E-state index in [0.717, 1.165) is 36.0 Å². The van der Waals surface area contributed by atoms with Crippen molar-refractivity contribution in [3.05, 3.63) is 30.0 Å². The molecule has 0 fully saturated rings. The van der Waals surface area contributed by atoms with Crippen LogP contribution in [0, 0.1) is 0 Å². The van der Waals surface area contributed by atoms with E-state index in [-0.39, 0.29) is 6.10 Å². The van der Waals surface area contributed by atoms with Crippen molar-refractivity contribution in [2.24, 2.45) is 0 Å². The van der Waals surface area contributed by atoms with Crippen LogP contribution in [0.5, 0.6) is 0 Å². The van der Waals surface area contributed by atoms with Gasteiger partial charge < -0.3 is 5.11 Å². The Morgan fingerprint density at radius 3 is 2.89 bits per heavy atom. The van der Waals surface area contributed by atoms with Crippen LogP contribution in [-0.4, -0.2) is 26.9 Å². The second-order valence-corrected chi connectivity index (χ2v) is 4.85. The maximum Gasteiger partial charge on any atom is 0.0729 e. The Morgan fingerprint density at radius 1 is 1.39 bits per heavy atom. The van der Waals surface area contributed by atoms with Crippen LogP contribution in [0.15, 0.2) is 24.3 Å². The van der Waals surface area contributed by atoms with Gasteiger partial charge in [-0.15, -0.1) is 11.6 Å². The van der Waals surface area contributed by atoms with Gasteiger partial charge in [0.25, 0.3) is 0 Å². The first kappa shape index (κ1) is 13.4. The Morgan fingerprint density at radius 2 is 2.17 bits per heavy atom. The number of benzene rings is 1. The van der Waals surface area contributed by atoms with E-state index in [1.54, 1.807) is 0 Å². The van der Waals surface area contributed by atoms with Gasteiger partial charge in [0.05, 0.1) is 17.3 Å². The molecule has 1 N–H and O–H groups in total. The number of rotatable bonds is 6. The van der Waals surface area contributed by atoms with Crippen LogP contribution >= 0.6 is 11.6 Å². The summed E-state index contributed by atoms with van der Waals surface area (Å²) in [5.41, 5.74) is 2.12. The monoisotopic (exact) mass is 266 g/mol. The summed E-state index contributed by atoms with van der Waals surface area (Å²) in [6, 6.07) is 8.17. The molecule has 1 aromatic carbocycles. The van der Waals surface area contributed by atoms with Crippen molar-refractivity contribution in [1.82, 2.24) is 9.78 Å². The van der Waals surface area contributed by atoms with Crippen molar-refractivity contribution in [2.45, 2.75) is 38.8 Å². The van der Waals surface area contributed by atoms with Crippen molar-refractivity contribution >= 4 is 22.5 Å². The first-order valence-corrected chi connectivity index (χ1v) is 6.98. The molecule has 0 saturated carbocycles. The van der Waals surface area contributed by atoms with Gasteiger partial charge in [-0.1, -0.05) is 18.2 Å². The van der Waals surface area contributed by atoms with E-state index in [4.69, 9.17) is 11.6 Å². The van der Waals surface area contributed by atoms with E-state index in [1.807, 2.05) is 16.8 Å². The topological polar surface area (TPSA) is 38.0 Å². The number of alkyl halides is 1. The molecule has 18 heavy (non-hydrogen) atoms. The van der Waals surface area contributed by atoms with Crippen molar-refractivity contribution in [2.75, 3.05) is 5.88 Å². The number of halogens is 1. The highest BCUT2D eigenvalue weighted by atomic mass is 35.5. The zero-order chi connectivity index (χ0) is 13.0. The Hall–Kier alpha value is -1.06. The van der Waals surface area contributed by atoms with Crippen LogP contribution in [0.3, 0.4) is 0 Å². The average molecular weight is 267 g/mol. The van der Waals surface area contributed by atoms with Crippen LogP contribution in [-0.2, 0) is 13.0 Å². The summed E-state index contributed by atoms with van der Waals surface area (Å²) in [7, 11) is 0. The van der Waals surface area contributed by atoms with E-state index in [2.05, 4.69) is 24.2 Å². The molecule has 3 nitrogen and oxygen atoms in total. The van der Waals surface area contributed by atoms with Gasteiger partial charge in [-0.25, -0.2) is 0 Å². The fraction of sp³-hybridized carbons (Fsp3) is 0.500. The number of aliphatic hydroxyl groups excluding tert-OH is 1. The maximum absolute atomic E-state index is 9.97. The maximum atomic E-state index is 9.97. The molecule has 0 bridgehead atoms. The fourth-order valence-corrected chi connectivity index (χ4v) is 2.38. The highest BCUT2D eigenvalue weighted by Crippen LogP contribution is 2.20. The Kier molecular flexibility index (Phi) is 4.61. The molecule has 0 saturated heterocycles. The first-order chi connectivity index (χ1) is 8.76. The molecule has 0 amide bonds. The zero-order valence-electron chi connectivity index (χ0n) is 10.6. The first-order valence-electron chi connectivity index (χ1n) is 6.44. The van der Waals surface area contributed by atoms with Crippen LogP contribution < -0.4 is 0 Å². The third-order valence-corrected chi connectivity index (χ3v) is 3.40. The lowest BCUT2D eigenvalue weighted by Crippen LogP contribution is -2.11. The number of hydrogen-bond donors (Lipinski definition) is 1. The minimum Gasteiger partial charge on any atom is -0.393 e. The Balaban J connectivity index is 2.22. The van der Waals surface area contributed by atoms with Crippen LogP contribution in [0.2, 0.25) is 0 Å². The molecule has 1 aromatic heterocycles. The third kappa shape index (κ3) is 2.85.